The summed E-state index contributed by atoms with van der Waals surface area (Å²) in [5.41, 5.74) is 0.285. The third-order valence-electron chi connectivity index (χ3n) is 2.93. The van der Waals surface area contributed by atoms with Crippen LogP contribution in [0.1, 0.15) is 16.1 Å². The number of carbonyl (C=O) groups is 1. The molecule has 0 radical (unpaired) electrons. The lowest BCUT2D eigenvalue weighted by atomic mass is 10.3. The molecule has 0 unspecified atom stereocenters. The summed E-state index contributed by atoms with van der Waals surface area (Å²) in [6, 6.07) is 4.07. The van der Waals surface area contributed by atoms with Crippen LogP contribution in [0.3, 0.4) is 0 Å². The first kappa shape index (κ1) is 18.2. The van der Waals surface area contributed by atoms with E-state index >= 15 is 0 Å². The molecular weight excluding hydrogens is 360 g/mol. The zero-order valence-electron chi connectivity index (χ0n) is 12.9. The topological polar surface area (TPSA) is 108 Å². The highest BCUT2D eigenvalue weighted by atomic mass is 35.5. The molecule has 130 valence electrons. The van der Waals surface area contributed by atoms with Crippen LogP contribution in [0.15, 0.2) is 33.9 Å². The summed E-state index contributed by atoms with van der Waals surface area (Å²) in [6.45, 7) is 1.97. The van der Waals surface area contributed by atoms with E-state index in [-0.39, 0.29) is 34.6 Å². The van der Waals surface area contributed by atoms with Crippen LogP contribution in [-0.2, 0) is 14.8 Å². The van der Waals surface area contributed by atoms with Crippen molar-refractivity contribution < 1.29 is 27.2 Å². The number of sulfonamides is 1. The van der Waals surface area contributed by atoms with Gasteiger partial charge in [0.05, 0.1) is 6.61 Å². The van der Waals surface area contributed by atoms with Crippen molar-refractivity contribution in [2.75, 3.05) is 20.3 Å². The number of hydrogen-bond donors (Lipinski definition) is 1. The van der Waals surface area contributed by atoms with Gasteiger partial charge in [-0.25, -0.2) is 13.1 Å². The summed E-state index contributed by atoms with van der Waals surface area (Å²) in [5.74, 6) is -0.863. The summed E-state index contributed by atoms with van der Waals surface area (Å²) in [7, 11) is -2.73. The van der Waals surface area contributed by atoms with Gasteiger partial charge in [-0.2, -0.15) is 0 Å². The molecule has 0 aliphatic heterocycles. The molecule has 1 aromatic heterocycles. The highest BCUT2D eigenvalue weighted by Gasteiger charge is 2.25. The standard InChI is InChI=1S/C14H15ClN2O6S/c1-9-8-23-16-13(9)14(18)17-24(19,20)12-7-10(15)3-4-11(12)22-6-5-21-2/h3-4,7-8H,5-6H2,1-2H3,(H,17,18). The number of aromatic nitrogens is 1. The number of ether oxygens (including phenoxy) is 2. The molecule has 8 nitrogen and oxygen atoms in total. The minimum atomic E-state index is -4.22. The van der Waals surface area contributed by atoms with E-state index in [1.165, 1.54) is 31.6 Å². The molecule has 1 amide bonds. The van der Waals surface area contributed by atoms with Crippen molar-refractivity contribution >= 4 is 27.5 Å². The van der Waals surface area contributed by atoms with Gasteiger partial charge in [-0.3, -0.25) is 4.79 Å². The van der Waals surface area contributed by atoms with Gasteiger partial charge in [-0.15, -0.1) is 0 Å². The van der Waals surface area contributed by atoms with Crippen molar-refractivity contribution in [3.63, 3.8) is 0 Å². The quantitative estimate of drug-likeness (QED) is 0.736. The summed E-state index contributed by atoms with van der Waals surface area (Å²) >= 11 is 5.86. The molecule has 0 spiro atoms. The highest BCUT2D eigenvalue weighted by Crippen LogP contribution is 2.27. The van der Waals surface area contributed by atoms with Crippen LogP contribution in [-0.4, -0.2) is 39.8 Å². The number of methoxy groups -OCH3 is 1. The van der Waals surface area contributed by atoms with Gasteiger partial charge in [0.25, 0.3) is 15.9 Å². The van der Waals surface area contributed by atoms with Gasteiger partial charge in [-0.05, 0) is 25.1 Å². The summed E-state index contributed by atoms with van der Waals surface area (Å²) in [5, 5.41) is 3.65. The van der Waals surface area contributed by atoms with Crippen LogP contribution in [0, 0.1) is 6.92 Å². The molecule has 0 atom stereocenters. The molecule has 1 heterocycles. The van der Waals surface area contributed by atoms with E-state index < -0.39 is 15.9 Å². The van der Waals surface area contributed by atoms with Crippen LogP contribution >= 0.6 is 11.6 Å². The lowest BCUT2D eigenvalue weighted by Gasteiger charge is -2.12. The minimum absolute atomic E-state index is 0.0497. The van der Waals surface area contributed by atoms with Crippen molar-refractivity contribution in [3.05, 3.63) is 40.7 Å². The van der Waals surface area contributed by atoms with E-state index in [0.717, 1.165) is 0 Å². The number of amides is 1. The zero-order valence-corrected chi connectivity index (χ0v) is 14.5. The van der Waals surface area contributed by atoms with E-state index in [2.05, 4.69) is 9.68 Å². The molecule has 0 bridgehead atoms. The second-order valence-electron chi connectivity index (χ2n) is 4.71. The predicted octanol–water partition coefficient (Wildman–Crippen LogP) is 1.78. The highest BCUT2D eigenvalue weighted by molar-refractivity contribution is 7.90. The Balaban J connectivity index is 2.29. The van der Waals surface area contributed by atoms with Crippen molar-refractivity contribution in [1.29, 1.82) is 0 Å². The minimum Gasteiger partial charge on any atom is -0.490 e. The van der Waals surface area contributed by atoms with E-state index in [0.29, 0.717) is 5.56 Å². The Morgan fingerprint density at radius 1 is 1.38 bits per heavy atom. The van der Waals surface area contributed by atoms with Gasteiger partial charge in [0, 0.05) is 17.7 Å². The second-order valence-corrected chi connectivity index (χ2v) is 6.80. The van der Waals surface area contributed by atoms with E-state index in [9.17, 15) is 13.2 Å². The Bertz CT molecular complexity index is 834. The number of aryl methyl sites for hydroxylation is 1. The molecule has 0 fully saturated rings. The maximum absolute atomic E-state index is 12.5. The number of nitrogens with one attached hydrogen (secondary N) is 1. The smallest absolute Gasteiger partial charge is 0.287 e. The molecule has 1 N–H and O–H groups in total. The lowest BCUT2D eigenvalue weighted by Crippen LogP contribution is -2.31. The molecule has 10 heteroatoms. The number of rotatable bonds is 7. The third-order valence-corrected chi connectivity index (χ3v) is 4.52. The van der Waals surface area contributed by atoms with Crippen LogP contribution in [0.2, 0.25) is 5.02 Å². The van der Waals surface area contributed by atoms with Crippen molar-refractivity contribution in [3.8, 4) is 5.75 Å². The number of benzene rings is 1. The van der Waals surface area contributed by atoms with Crippen LogP contribution in [0.4, 0.5) is 0 Å². The third kappa shape index (κ3) is 4.25. The summed E-state index contributed by atoms with van der Waals surface area (Å²) in [4.78, 5) is 11.8. The molecule has 2 aromatic rings. The molecular formula is C14H15ClN2O6S. The van der Waals surface area contributed by atoms with Gasteiger partial charge < -0.3 is 14.0 Å². The number of halogens is 1. The van der Waals surface area contributed by atoms with E-state index in [1.807, 2.05) is 4.72 Å². The molecule has 24 heavy (non-hydrogen) atoms. The van der Waals surface area contributed by atoms with Crippen LogP contribution in [0.5, 0.6) is 5.75 Å². The van der Waals surface area contributed by atoms with Crippen molar-refractivity contribution in [2.45, 2.75) is 11.8 Å². The maximum atomic E-state index is 12.5. The van der Waals surface area contributed by atoms with E-state index in [1.54, 1.807) is 6.92 Å². The zero-order chi connectivity index (χ0) is 17.7. The van der Waals surface area contributed by atoms with Gasteiger partial charge >= 0.3 is 0 Å². The van der Waals surface area contributed by atoms with Gasteiger partial charge in [0.1, 0.15) is 23.5 Å². The average Bonchev–Trinajstić information content (AvgIpc) is 2.94. The molecule has 0 saturated heterocycles. The van der Waals surface area contributed by atoms with E-state index in [4.69, 9.17) is 21.1 Å². The Morgan fingerprint density at radius 2 is 2.12 bits per heavy atom. The molecule has 1 aromatic carbocycles. The van der Waals surface area contributed by atoms with Crippen LogP contribution in [0.25, 0.3) is 0 Å². The first-order valence-electron chi connectivity index (χ1n) is 6.74. The molecule has 0 aliphatic rings. The molecule has 0 aliphatic carbocycles. The fraction of sp³-hybridized carbons (Fsp3) is 0.286. The average molecular weight is 375 g/mol. The van der Waals surface area contributed by atoms with Gasteiger partial charge in [0.15, 0.2) is 5.69 Å². The SMILES string of the molecule is COCCOc1ccc(Cl)cc1S(=O)(=O)NC(=O)c1nocc1C. The van der Waals surface area contributed by atoms with Crippen molar-refractivity contribution in [2.24, 2.45) is 0 Å². The number of carbonyl (C=O) groups excluding carboxylic acids is 1. The summed E-state index contributed by atoms with van der Waals surface area (Å²) < 4.78 is 41.8. The Morgan fingerprint density at radius 3 is 2.75 bits per heavy atom. The Labute approximate surface area is 143 Å². The Hall–Kier alpha value is -2.10. The monoisotopic (exact) mass is 374 g/mol. The Kier molecular flexibility index (Phi) is 5.81. The first-order valence-corrected chi connectivity index (χ1v) is 8.60. The maximum Gasteiger partial charge on any atom is 0.287 e. The second kappa shape index (κ2) is 7.65. The van der Waals surface area contributed by atoms with Crippen LogP contribution < -0.4 is 9.46 Å². The summed E-state index contributed by atoms with van der Waals surface area (Å²) in [6.07, 6.45) is 1.24. The number of hydrogen-bond acceptors (Lipinski definition) is 7. The molecule has 0 saturated carbocycles. The van der Waals surface area contributed by atoms with Gasteiger partial charge in [0.2, 0.25) is 0 Å². The number of nitrogens with zero attached hydrogens (tertiary/aromatic N) is 1. The normalized spacial score (nSPS) is 11.3. The van der Waals surface area contributed by atoms with Gasteiger partial charge in [-0.1, -0.05) is 16.8 Å². The lowest BCUT2D eigenvalue weighted by molar-refractivity contribution is 0.0972. The van der Waals surface area contributed by atoms with Crippen molar-refractivity contribution in [1.82, 2.24) is 9.88 Å². The fourth-order valence-electron chi connectivity index (χ4n) is 1.78. The predicted molar refractivity (Wildman–Crippen MR) is 84.7 cm³/mol. The fourth-order valence-corrected chi connectivity index (χ4v) is 3.14. The molecule has 2 rings (SSSR count). The largest absolute Gasteiger partial charge is 0.490 e. The first-order chi connectivity index (χ1) is 11.3.